The van der Waals surface area contributed by atoms with Gasteiger partial charge in [0.25, 0.3) is 0 Å². The molecule has 21 heavy (non-hydrogen) atoms. The van der Waals surface area contributed by atoms with E-state index in [1.54, 1.807) is 14.2 Å². The number of benzene rings is 1. The van der Waals surface area contributed by atoms with Crippen molar-refractivity contribution in [2.45, 2.75) is 26.4 Å². The van der Waals surface area contributed by atoms with Gasteiger partial charge in [0.05, 0.1) is 19.8 Å². The quantitative estimate of drug-likeness (QED) is 0.885. The monoisotopic (exact) mass is 287 g/mol. The van der Waals surface area contributed by atoms with Crippen molar-refractivity contribution >= 4 is 0 Å². The molecule has 0 saturated carbocycles. The van der Waals surface area contributed by atoms with Crippen LogP contribution >= 0.6 is 0 Å². The summed E-state index contributed by atoms with van der Waals surface area (Å²) >= 11 is 0. The molecule has 0 unspecified atom stereocenters. The summed E-state index contributed by atoms with van der Waals surface area (Å²) in [7, 11) is 3.19. The highest BCUT2D eigenvalue weighted by molar-refractivity contribution is 5.35. The summed E-state index contributed by atoms with van der Waals surface area (Å²) in [5.41, 5.74) is 3.36. The molecule has 5 nitrogen and oxygen atoms in total. The van der Waals surface area contributed by atoms with E-state index in [2.05, 4.69) is 41.3 Å². The van der Waals surface area contributed by atoms with Crippen LogP contribution in [-0.2, 0) is 6.54 Å². The minimum atomic E-state index is 0.209. The standard InChI is InChI=1S/C16H21N3O2/c1-11-7-5-6-8-13(11)12(2)17-9-14-15(20-3)18-10-19-16(14)21-4/h5-8,10,12,17H,9H2,1-4H3/t12-/m0/s1. The van der Waals surface area contributed by atoms with Gasteiger partial charge in [0.2, 0.25) is 11.8 Å². The SMILES string of the molecule is COc1ncnc(OC)c1CN[C@@H](C)c1ccccc1C. The predicted molar refractivity (Wildman–Crippen MR) is 81.6 cm³/mol. The van der Waals surface area contributed by atoms with Crippen molar-refractivity contribution in [3.63, 3.8) is 0 Å². The van der Waals surface area contributed by atoms with Crippen LogP contribution in [0.4, 0.5) is 0 Å². The van der Waals surface area contributed by atoms with Crippen molar-refractivity contribution in [3.05, 3.63) is 47.3 Å². The molecule has 0 amide bonds. The molecule has 1 aromatic heterocycles. The first-order valence-corrected chi connectivity index (χ1v) is 6.88. The molecule has 0 bridgehead atoms. The number of nitrogens with zero attached hydrogens (tertiary/aromatic N) is 2. The Labute approximate surface area is 125 Å². The van der Waals surface area contributed by atoms with Crippen LogP contribution < -0.4 is 14.8 Å². The fraction of sp³-hybridized carbons (Fsp3) is 0.375. The Hall–Kier alpha value is -2.14. The number of nitrogens with one attached hydrogen (secondary N) is 1. The average molecular weight is 287 g/mol. The van der Waals surface area contributed by atoms with E-state index < -0.39 is 0 Å². The molecule has 5 heteroatoms. The summed E-state index contributed by atoms with van der Waals surface area (Å²) in [5.74, 6) is 1.07. The van der Waals surface area contributed by atoms with Crippen LogP contribution in [0.5, 0.6) is 11.8 Å². The summed E-state index contributed by atoms with van der Waals surface area (Å²) in [6, 6.07) is 8.54. The summed E-state index contributed by atoms with van der Waals surface area (Å²) in [6.45, 7) is 4.81. The predicted octanol–water partition coefficient (Wildman–Crippen LogP) is 2.65. The molecular formula is C16H21N3O2. The molecule has 0 spiro atoms. The highest BCUT2D eigenvalue weighted by atomic mass is 16.5. The number of aromatic nitrogens is 2. The lowest BCUT2D eigenvalue weighted by atomic mass is 10.0. The molecule has 0 radical (unpaired) electrons. The van der Waals surface area contributed by atoms with Crippen LogP contribution in [0.15, 0.2) is 30.6 Å². The summed E-state index contributed by atoms with van der Waals surface area (Å²) < 4.78 is 10.6. The van der Waals surface area contributed by atoms with Crippen LogP contribution in [0, 0.1) is 6.92 Å². The van der Waals surface area contributed by atoms with Gasteiger partial charge in [-0.25, -0.2) is 9.97 Å². The fourth-order valence-corrected chi connectivity index (χ4v) is 2.32. The van der Waals surface area contributed by atoms with Crippen molar-refractivity contribution in [3.8, 4) is 11.8 Å². The van der Waals surface area contributed by atoms with E-state index in [9.17, 15) is 0 Å². The molecule has 0 aliphatic heterocycles. The van der Waals surface area contributed by atoms with Crippen LogP contribution in [0.1, 0.15) is 29.7 Å². The maximum atomic E-state index is 5.28. The summed E-state index contributed by atoms with van der Waals surface area (Å²) in [5, 5.41) is 3.47. The molecule has 112 valence electrons. The third kappa shape index (κ3) is 3.49. The Bertz CT molecular complexity index is 580. The molecule has 0 aliphatic rings. The van der Waals surface area contributed by atoms with E-state index in [-0.39, 0.29) is 6.04 Å². The number of rotatable bonds is 6. The van der Waals surface area contributed by atoms with E-state index >= 15 is 0 Å². The average Bonchev–Trinajstić information content (AvgIpc) is 2.52. The van der Waals surface area contributed by atoms with Gasteiger partial charge in [0.15, 0.2) is 0 Å². The van der Waals surface area contributed by atoms with Crippen LogP contribution in [0.25, 0.3) is 0 Å². The second kappa shape index (κ2) is 7.04. The van der Waals surface area contributed by atoms with Gasteiger partial charge in [-0.2, -0.15) is 0 Å². The number of methoxy groups -OCH3 is 2. The van der Waals surface area contributed by atoms with E-state index in [1.165, 1.54) is 17.5 Å². The second-order valence-corrected chi connectivity index (χ2v) is 4.83. The lowest BCUT2D eigenvalue weighted by Crippen LogP contribution is -2.20. The molecule has 0 saturated heterocycles. The molecule has 1 aromatic carbocycles. The number of ether oxygens (including phenoxy) is 2. The Morgan fingerprint density at radius 2 is 1.71 bits per heavy atom. The first-order chi connectivity index (χ1) is 10.2. The topological polar surface area (TPSA) is 56.3 Å². The molecule has 2 rings (SSSR count). The minimum absolute atomic E-state index is 0.209. The van der Waals surface area contributed by atoms with E-state index in [1.807, 2.05) is 12.1 Å². The van der Waals surface area contributed by atoms with Crippen molar-refractivity contribution in [1.82, 2.24) is 15.3 Å². The molecule has 1 heterocycles. The lowest BCUT2D eigenvalue weighted by molar-refractivity contribution is 0.357. The van der Waals surface area contributed by atoms with Crippen LogP contribution in [0.3, 0.4) is 0 Å². The van der Waals surface area contributed by atoms with Crippen molar-refractivity contribution < 1.29 is 9.47 Å². The van der Waals surface area contributed by atoms with Gasteiger partial charge in [0, 0.05) is 12.6 Å². The zero-order valence-electron chi connectivity index (χ0n) is 12.9. The van der Waals surface area contributed by atoms with Gasteiger partial charge >= 0.3 is 0 Å². The van der Waals surface area contributed by atoms with Crippen molar-refractivity contribution in [1.29, 1.82) is 0 Å². The van der Waals surface area contributed by atoms with Gasteiger partial charge in [-0.15, -0.1) is 0 Å². The van der Waals surface area contributed by atoms with Gasteiger partial charge in [-0.1, -0.05) is 24.3 Å². The largest absolute Gasteiger partial charge is 0.481 e. The Balaban J connectivity index is 2.15. The van der Waals surface area contributed by atoms with E-state index in [4.69, 9.17) is 9.47 Å². The first kappa shape index (κ1) is 15.3. The Morgan fingerprint density at radius 1 is 1.10 bits per heavy atom. The van der Waals surface area contributed by atoms with Crippen LogP contribution in [0.2, 0.25) is 0 Å². The number of hydrogen-bond acceptors (Lipinski definition) is 5. The smallest absolute Gasteiger partial charge is 0.224 e. The lowest BCUT2D eigenvalue weighted by Gasteiger charge is -2.18. The van der Waals surface area contributed by atoms with E-state index in [0.29, 0.717) is 18.3 Å². The molecule has 1 atom stereocenters. The third-order valence-electron chi connectivity index (χ3n) is 3.49. The van der Waals surface area contributed by atoms with Crippen molar-refractivity contribution in [2.24, 2.45) is 0 Å². The van der Waals surface area contributed by atoms with Crippen molar-refractivity contribution in [2.75, 3.05) is 14.2 Å². The summed E-state index contributed by atoms with van der Waals surface area (Å²) in [6.07, 6.45) is 1.44. The summed E-state index contributed by atoms with van der Waals surface area (Å²) in [4.78, 5) is 8.24. The Morgan fingerprint density at radius 3 is 2.29 bits per heavy atom. The van der Waals surface area contributed by atoms with Gasteiger partial charge in [-0.3, -0.25) is 0 Å². The highest BCUT2D eigenvalue weighted by Gasteiger charge is 2.15. The zero-order chi connectivity index (χ0) is 15.2. The molecule has 0 fully saturated rings. The second-order valence-electron chi connectivity index (χ2n) is 4.83. The Kier molecular flexibility index (Phi) is 5.11. The first-order valence-electron chi connectivity index (χ1n) is 6.88. The number of aryl methyl sites for hydroxylation is 1. The van der Waals surface area contributed by atoms with Crippen LogP contribution in [-0.4, -0.2) is 24.2 Å². The number of hydrogen-bond donors (Lipinski definition) is 1. The van der Waals surface area contributed by atoms with Gasteiger partial charge in [0.1, 0.15) is 6.33 Å². The zero-order valence-corrected chi connectivity index (χ0v) is 12.9. The normalized spacial score (nSPS) is 12.0. The van der Waals surface area contributed by atoms with E-state index in [0.717, 1.165) is 5.56 Å². The molecule has 2 aromatic rings. The molecule has 1 N–H and O–H groups in total. The highest BCUT2D eigenvalue weighted by Crippen LogP contribution is 2.24. The minimum Gasteiger partial charge on any atom is -0.481 e. The molecular weight excluding hydrogens is 266 g/mol. The maximum absolute atomic E-state index is 5.28. The molecule has 0 aliphatic carbocycles. The maximum Gasteiger partial charge on any atom is 0.224 e. The third-order valence-corrected chi connectivity index (χ3v) is 3.49. The van der Waals surface area contributed by atoms with Gasteiger partial charge < -0.3 is 14.8 Å². The fourth-order valence-electron chi connectivity index (χ4n) is 2.32. The van der Waals surface area contributed by atoms with Gasteiger partial charge in [-0.05, 0) is 25.0 Å².